The van der Waals surface area contributed by atoms with E-state index < -0.39 is 11.2 Å². The van der Waals surface area contributed by atoms with Crippen LogP contribution in [0.1, 0.15) is 23.7 Å². The van der Waals surface area contributed by atoms with Gasteiger partial charge in [-0.25, -0.2) is 14.5 Å². The highest BCUT2D eigenvalue weighted by Gasteiger charge is 2.40. The number of hydrogen-bond donors (Lipinski definition) is 2. The summed E-state index contributed by atoms with van der Waals surface area (Å²) in [7, 11) is 0. The van der Waals surface area contributed by atoms with Crippen molar-refractivity contribution in [3.63, 3.8) is 0 Å². The number of nitrogens with zero attached hydrogens (tertiary/aromatic N) is 1. The number of imide groups is 1. The maximum absolute atomic E-state index is 13.0. The lowest BCUT2D eigenvalue weighted by atomic mass is 10.2. The Bertz CT molecular complexity index is 1250. The molecule has 1 unspecified atom stereocenters. The predicted molar refractivity (Wildman–Crippen MR) is 135 cm³/mol. The molecule has 1 aliphatic heterocycles. The molecule has 8 nitrogen and oxygen atoms in total. The molecule has 35 heavy (non-hydrogen) atoms. The van der Waals surface area contributed by atoms with Crippen molar-refractivity contribution in [3.8, 4) is 0 Å². The molecule has 1 saturated heterocycles. The van der Waals surface area contributed by atoms with Crippen molar-refractivity contribution in [1.82, 2.24) is 0 Å². The Hall–Kier alpha value is -4.11. The van der Waals surface area contributed by atoms with Gasteiger partial charge in [0.05, 0.1) is 23.1 Å². The van der Waals surface area contributed by atoms with E-state index in [1.54, 1.807) is 49.4 Å². The zero-order valence-corrected chi connectivity index (χ0v) is 19.7. The molecule has 0 bridgehead atoms. The summed E-state index contributed by atoms with van der Waals surface area (Å²) in [5, 5.41) is 4.92. The second-order valence-corrected chi connectivity index (χ2v) is 8.89. The van der Waals surface area contributed by atoms with E-state index in [1.807, 2.05) is 24.3 Å². The molecule has 3 aromatic carbocycles. The van der Waals surface area contributed by atoms with Gasteiger partial charge in [-0.2, -0.15) is 0 Å². The van der Waals surface area contributed by atoms with Crippen LogP contribution in [0.25, 0.3) is 0 Å². The van der Waals surface area contributed by atoms with E-state index in [9.17, 15) is 19.2 Å². The van der Waals surface area contributed by atoms with Crippen molar-refractivity contribution in [2.24, 2.45) is 0 Å². The zero-order chi connectivity index (χ0) is 24.8. The fourth-order valence-corrected chi connectivity index (χ4v) is 4.67. The Balaban J connectivity index is 1.40. The third-order valence-electron chi connectivity index (χ3n) is 5.14. The summed E-state index contributed by atoms with van der Waals surface area (Å²) in [6, 6.07) is 22.0. The molecule has 0 saturated carbocycles. The first kappa shape index (κ1) is 24.0. The Morgan fingerprint density at radius 2 is 1.63 bits per heavy atom. The highest BCUT2D eigenvalue weighted by Crippen LogP contribution is 2.35. The number of urea groups is 1. The van der Waals surface area contributed by atoms with Gasteiger partial charge in [-0.05, 0) is 61.5 Å². The summed E-state index contributed by atoms with van der Waals surface area (Å²) >= 11 is 1.26. The van der Waals surface area contributed by atoms with Crippen molar-refractivity contribution < 1.29 is 23.9 Å². The summed E-state index contributed by atoms with van der Waals surface area (Å²) in [6.45, 7) is 1.98. The van der Waals surface area contributed by atoms with Gasteiger partial charge in [0.2, 0.25) is 11.8 Å². The van der Waals surface area contributed by atoms with Gasteiger partial charge < -0.3 is 15.4 Å². The summed E-state index contributed by atoms with van der Waals surface area (Å²) in [5.74, 6) is -1.10. The first-order valence-electron chi connectivity index (χ1n) is 11.0. The van der Waals surface area contributed by atoms with E-state index in [0.29, 0.717) is 22.6 Å². The molecule has 1 atom stereocenters. The molecular formula is C26H23N3O5S. The van der Waals surface area contributed by atoms with Crippen LogP contribution in [0.4, 0.5) is 21.9 Å². The number of amides is 4. The molecule has 0 spiro atoms. The van der Waals surface area contributed by atoms with Crippen LogP contribution < -0.4 is 15.5 Å². The molecule has 1 heterocycles. The number of para-hydroxylation sites is 1. The minimum Gasteiger partial charge on any atom is -0.462 e. The summed E-state index contributed by atoms with van der Waals surface area (Å²) in [5.41, 5.74) is 1.98. The number of esters is 1. The molecule has 178 valence electrons. The number of thioether (sulfide) groups is 1. The Kier molecular flexibility index (Phi) is 7.47. The average Bonchev–Trinajstić information content (AvgIpc) is 3.12. The number of carbonyl (C=O) groups excluding carboxylic acids is 4. The first-order valence-corrected chi connectivity index (χ1v) is 11.9. The average molecular weight is 490 g/mol. The van der Waals surface area contributed by atoms with Gasteiger partial charge in [0.1, 0.15) is 0 Å². The molecule has 2 N–H and O–H groups in total. The first-order chi connectivity index (χ1) is 16.9. The molecule has 0 radical (unpaired) electrons. The Morgan fingerprint density at radius 1 is 0.943 bits per heavy atom. The fourth-order valence-electron chi connectivity index (χ4n) is 3.55. The van der Waals surface area contributed by atoms with Gasteiger partial charge in [-0.15, -0.1) is 11.8 Å². The van der Waals surface area contributed by atoms with Crippen molar-refractivity contribution in [3.05, 3.63) is 84.4 Å². The van der Waals surface area contributed by atoms with E-state index in [1.165, 1.54) is 23.9 Å². The molecule has 0 aromatic heterocycles. The number of rotatable bonds is 7. The minimum atomic E-state index is -0.597. The maximum Gasteiger partial charge on any atom is 0.338 e. The van der Waals surface area contributed by atoms with Crippen molar-refractivity contribution in [2.45, 2.75) is 23.5 Å². The molecule has 9 heteroatoms. The molecule has 1 aliphatic rings. The standard InChI is InChI=1S/C26H23N3O5S/c1-2-34-25(32)17-11-13-20(14-12-17)29-23(30)16-22(24(29)31)35-21-10-6-9-19(15-21)28-26(33)27-18-7-4-3-5-8-18/h3-15,22H,2,16H2,1H3,(H2,27,28,33). The van der Waals surface area contributed by atoms with Gasteiger partial charge in [0.25, 0.3) is 0 Å². The maximum atomic E-state index is 13.0. The second-order valence-electron chi connectivity index (χ2n) is 7.62. The van der Waals surface area contributed by atoms with E-state index in [-0.39, 0.29) is 30.9 Å². The number of carbonyl (C=O) groups is 4. The van der Waals surface area contributed by atoms with Gasteiger partial charge in [0.15, 0.2) is 0 Å². The lowest BCUT2D eigenvalue weighted by Gasteiger charge is -2.15. The van der Waals surface area contributed by atoms with Crippen LogP contribution in [-0.4, -0.2) is 35.7 Å². The van der Waals surface area contributed by atoms with Gasteiger partial charge in [0, 0.05) is 22.7 Å². The zero-order valence-electron chi connectivity index (χ0n) is 18.9. The van der Waals surface area contributed by atoms with Crippen LogP contribution in [0.15, 0.2) is 83.8 Å². The normalized spacial score (nSPS) is 15.1. The van der Waals surface area contributed by atoms with Crippen molar-refractivity contribution in [2.75, 3.05) is 22.1 Å². The topological polar surface area (TPSA) is 105 Å². The van der Waals surface area contributed by atoms with Crippen molar-refractivity contribution >= 4 is 52.6 Å². The lowest BCUT2D eigenvalue weighted by Crippen LogP contribution is -2.31. The quantitative estimate of drug-likeness (QED) is 0.360. The van der Waals surface area contributed by atoms with Gasteiger partial charge in [-0.3, -0.25) is 9.59 Å². The fraction of sp³-hybridized carbons (Fsp3) is 0.154. The van der Waals surface area contributed by atoms with E-state index >= 15 is 0 Å². The highest BCUT2D eigenvalue weighted by molar-refractivity contribution is 8.00. The Labute approximate surface area is 206 Å². The second kappa shape index (κ2) is 10.9. The molecule has 4 amide bonds. The largest absolute Gasteiger partial charge is 0.462 e. The SMILES string of the molecule is CCOC(=O)c1ccc(N2C(=O)CC(Sc3cccc(NC(=O)Nc4ccccc4)c3)C2=O)cc1. The molecule has 0 aliphatic carbocycles. The smallest absolute Gasteiger partial charge is 0.338 e. The number of benzene rings is 3. The number of nitrogens with one attached hydrogen (secondary N) is 2. The summed E-state index contributed by atoms with van der Waals surface area (Å²) < 4.78 is 4.96. The lowest BCUT2D eigenvalue weighted by molar-refractivity contribution is -0.121. The van der Waals surface area contributed by atoms with Crippen LogP contribution in [-0.2, 0) is 14.3 Å². The minimum absolute atomic E-state index is 0.0509. The third-order valence-corrected chi connectivity index (χ3v) is 6.32. The van der Waals surface area contributed by atoms with Crippen LogP contribution in [0, 0.1) is 0 Å². The van der Waals surface area contributed by atoms with Gasteiger partial charge in [-0.1, -0.05) is 24.3 Å². The van der Waals surface area contributed by atoms with Crippen LogP contribution in [0.2, 0.25) is 0 Å². The van der Waals surface area contributed by atoms with Crippen molar-refractivity contribution in [1.29, 1.82) is 0 Å². The molecular weight excluding hydrogens is 466 g/mol. The summed E-state index contributed by atoms with van der Waals surface area (Å²) in [6.07, 6.45) is 0.0509. The van der Waals surface area contributed by atoms with Gasteiger partial charge >= 0.3 is 12.0 Å². The van der Waals surface area contributed by atoms with E-state index in [2.05, 4.69) is 10.6 Å². The highest BCUT2D eigenvalue weighted by atomic mass is 32.2. The van der Waals surface area contributed by atoms with Crippen LogP contribution in [0.3, 0.4) is 0 Å². The Morgan fingerprint density at radius 3 is 2.34 bits per heavy atom. The summed E-state index contributed by atoms with van der Waals surface area (Å²) in [4.78, 5) is 51.6. The predicted octanol–water partition coefficient (Wildman–Crippen LogP) is 4.93. The van der Waals surface area contributed by atoms with E-state index in [4.69, 9.17) is 4.74 Å². The monoisotopic (exact) mass is 489 g/mol. The number of hydrogen-bond acceptors (Lipinski definition) is 6. The van der Waals surface area contributed by atoms with Crippen LogP contribution in [0.5, 0.6) is 0 Å². The molecule has 1 fully saturated rings. The molecule has 4 rings (SSSR count). The van der Waals surface area contributed by atoms with Crippen LogP contribution >= 0.6 is 11.8 Å². The van der Waals surface area contributed by atoms with E-state index in [0.717, 1.165) is 9.80 Å². The third kappa shape index (κ3) is 5.88. The molecule has 3 aromatic rings. The number of anilines is 3. The number of ether oxygens (including phenoxy) is 1.